The van der Waals surface area contributed by atoms with Crippen LogP contribution in [0.3, 0.4) is 0 Å². The summed E-state index contributed by atoms with van der Waals surface area (Å²) in [6.45, 7) is 4.29. The number of pyridine rings is 1. The number of nitriles is 1. The fraction of sp³-hybridized carbons (Fsp3) is 0.238. The molecule has 3 aromatic rings. The van der Waals surface area contributed by atoms with Crippen molar-refractivity contribution in [2.24, 2.45) is 0 Å². The summed E-state index contributed by atoms with van der Waals surface area (Å²) in [5.41, 5.74) is 11.1. The molecule has 0 aliphatic carbocycles. The van der Waals surface area contributed by atoms with E-state index in [4.69, 9.17) is 10.5 Å². The van der Waals surface area contributed by atoms with Crippen LogP contribution >= 0.6 is 0 Å². The Kier molecular flexibility index (Phi) is 4.88. The number of aromatic nitrogens is 2. The number of nitrogens with one attached hydrogen (secondary N) is 1. The first-order chi connectivity index (χ1) is 13.2. The summed E-state index contributed by atoms with van der Waals surface area (Å²) in [4.78, 5) is 9.91. The van der Waals surface area contributed by atoms with E-state index in [2.05, 4.69) is 33.1 Å². The van der Waals surface area contributed by atoms with Gasteiger partial charge >= 0.3 is 0 Å². The van der Waals surface area contributed by atoms with Gasteiger partial charge in [0.25, 0.3) is 0 Å². The number of anilines is 1. The second-order valence-corrected chi connectivity index (χ2v) is 6.60. The van der Waals surface area contributed by atoms with Gasteiger partial charge in [0.05, 0.1) is 24.6 Å². The first-order valence-electron chi connectivity index (χ1n) is 8.98. The molecule has 136 valence electrons. The van der Waals surface area contributed by atoms with Gasteiger partial charge in [-0.05, 0) is 35.4 Å². The maximum atomic E-state index is 9.61. The Hall–Kier alpha value is -3.14. The van der Waals surface area contributed by atoms with Gasteiger partial charge in [-0.1, -0.05) is 18.2 Å². The largest absolute Gasteiger partial charge is 0.383 e. The van der Waals surface area contributed by atoms with Crippen LogP contribution in [0.1, 0.15) is 11.1 Å². The van der Waals surface area contributed by atoms with Crippen LogP contribution in [0.4, 0.5) is 5.82 Å². The van der Waals surface area contributed by atoms with Crippen LogP contribution in [0.25, 0.3) is 22.5 Å². The fourth-order valence-electron chi connectivity index (χ4n) is 3.39. The maximum Gasteiger partial charge on any atom is 0.142 e. The molecule has 1 fully saturated rings. The number of H-pyrrole nitrogens is 1. The number of nitrogens with zero attached hydrogens (tertiary/aromatic N) is 3. The first kappa shape index (κ1) is 17.3. The maximum absolute atomic E-state index is 9.61. The molecule has 2 aromatic heterocycles. The topological polar surface area (TPSA) is 91.0 Å². The molecular weight excluding hydrogens is 338 g/mol. The van der Waals surface area contributed by atoms with Crippen molar-refractivity contribution >= 4 is 5.82 Å². The second kappa shape index (κ2) is 7.62. The third kappa shape index (κ3) is 3.70. The summed E-state index contributed by atoms with van der Waals surface area (Å²) in [6, 6.07) is 16.3. The highest BCUT2D eigenvalue weighted by Crippen LogP contribution is 2.31. The van der Waals surface area contributed by atoms with Gasteiger partial charge in [0.1, 0.15) is 17.5 Å². The monoisotopic (exact) mass is 359 g/mol. The molecule has 1 aliphatic heterocycles. The highest BCUT2D eigenvalue weighted by Gasteiger charge is 2.15. The van der Waals surface area contributed by atoms with E-state index in [-0.39, 0.29) is 5.82 Å². The standard InChI is InChI=1S/C21H21N5O/c22-13-18-17(12-20(25-21(18)23)19-5-2-6-24-19)16-4-1-3-15(11-16)14-26-7-9-27-10-8-26/h1-6,11-12,24H,7-10,14H2,(H2,23,25). The molecule has 0 amide bonds. The minimum atomic E-state index is 0.248. The summed E-state index contributed by atoms with van der Waals surface area (Å²) in [7, 11) is 0. The molecule has 0 unspecified atom stereocenters. The number of morpholine rings is 1. The Balaban J connectivity index is 1.72. The predicted molar refractivity (Wildman–Crippen MR) is 105 cm³/mol. The summed E-state index contributed by atoms with van der Waals surface area (Å²) in [6.07, 6.45) is 1.84. The minimum Gasteiger partial charge on any atom is -0.383 e. The molecular formula is C21H21N5O. The molecule has 0 atom stereocenters. The van der Waals surface area contributed by atoms with Gasteiger partial charge in [-0.3, -0.25) is 4.90 Å². The van der Waals surface area contributed by atoms with E-state index in [9.17, 15) is 5.26 Å². The number of nitrogens with two attached hydrogens (primary N) is 1. The van der Waals surface area contributed by atoms with Crippen molar-refractivity contribution in [1.29, 1.82) is 5.26 Å². The number of hydrogen-bond acceptors (Lipinski definition) is 5. The van der Waals surface area contributed by atoms with E-state index >= 15 is 0 Å². The van der Waals surface area contributed by atoms with Crippen LogP contribution in [-0.2, 0) is 11.3 Å². The molecule has 3 heterocycles. The van der Waals surface area contributed by atoms with Gasteiger partial charge < -0.3 is 15.5 Å². The van der Waals surface area contributed by atoms with Crippen molar-refractivity contribution in [2.45, 2.75) is 6.54 Å². The number of benzene rings is 1. The van der Waals surface area contributed by atoms with Crippen molar-refractivity contribution in [3.63, 3.8) is 0 Å². The van der Waals surface area contributed by atoms with E-state index < -0.39 is 0 Å². The molecule has 4 rings (SSSR count). The lowest BCUT2D eigenvalue weighted by Gasteiger charge is -2.26. The highest BCUT2D eigenvalue weighted by molar-refractivity contribution is 5.79. The van der Waals surface area contributed by atoms with E-state index in [1.807, 2.05) is 36.5 Å². The fourth-order valence-corrected chi connectivity index (χ4v) is 3.39. The lowest BCUT2D eigenvalue weighted by Crippen LogP contribution is -2.35. The summed E-state index contributed by atoms with van der Waals surface area (Å²) < 4.78 is 5.42. The zero-order chi connectivity index (χ0) is 18.6. The molecule has 1 saturated heterocycles. The van der Waals surface area contributed by atoms with Gasteiger partial charge in [0, 0.05) is 31.4 Å². The predicted octanol–water partition coefficient (Wildman–Crippen LogP) is 3.03. The van der Waals surface area contributed by atoms with E-state index in [0.717, 1.165) is 55.4 Å². The van der Waals surface area contributed by atoms with Crippen LogP contribution in [0.5, 0.6) is 0 Å². The number of rotatable bonds is 4. The Bertz CT molecular complexity index is 969. The highest BCUT2D eigenvalue weighted by atomic mass is 16.5. The van der Waals surface area contributed by atoms with Crippen molar-refractivity contribution in [1.82, 2.24) is 14.9 Å². The first-order valence-corrected chi connectivity index (χ1v) is 8.98. The van der Waals surface area contributed by atoms with Gasteiger partial charge in [0.15, 0.2) is 0 Å². The average molecular weight is 359 g/mol. The molecule has 0 spiro atoms. The Morgan fingerprint density at radius 1 is 1.19 bits per heavy atom. The van der Waals surface area contributed by atoms with Crippen LogP contribution in [0.2, 0.25) is 0 Å². The Labute approximate surface area is 158 Å². The average Bonchev–Trinajstić information content (AvgIpc) is 3.23. The van der Waals surface area contributed by atoms with E-state index in [1.54, 1.807) is 0 Å². The summed E-state index contributed by atoms with van der Waals surface area (Å²) in [5.74, 6) is 0.248. The molecule has 27 heavy (non-hydrogen) atoms. The molecule has 6 heteroatoms. The normalized spacial score (nSPS) is 14.8. The molecule has 1 aromatic carbocycles. The quantitative estimate of drug-likeness (QED) is 0.747. The zero-order valence-electron chi connectivity index (χ0n) is 15.0. The van der Waals surface area contributed by atoms with Crippen molar-refractivity contribution in [3.8, 4) is 28.6 Å². The Morgan fingerprint density at radius 2 is 2.04 bits per heavy atom. The number of ether oxygens (including phenoxy) is 1. The van der Waals surface area contributed by atoms with Gasteiger partial charge in [0.2, 0.25) is 0 Å². The molecule has 0 radical (unpaired) electrons. The lowest BCUT2D eigenvalue weighted by molar-refractivity contribution is 0.0342. The lowest BCUT2D eigenvalue weighted by atomic mass is 9.98. The zero-order valence-corrected chi connectivity index (χ0v) is 15.0. The van der Waals surface area contributed by atoms with Gasteiger partial charge in [-0.25, -0.2) is 4.98 Å². The molecule has 0 bridgehead atoms. The van der Waals surface area contributed by atoms with Crippen LogP contribution in [-0.4, -0.2) is 41.2 Å². The minimum absolute atomic E-state index is 0.248. The Morgan fingerprint density at radius 3 is 2.78 bits per heavy atom. The number of hydrogen-bond donors (Lipinski definition) is 2. The second-order valence-electron chi connectivity index (χ2n) is 6.60. The molecule has 3 N–H and O–H groups in total. The molecule has 1 aliphatic rings. The molecule has 6 nitrogen and oxygen atoms in total. The SMILES string of the molecule is N#Cc1c(-c2cccc(CN3CCOCC3)c2)cc(-c2ccc[nH]2)nc1N. The van der Waals surface area contributed by atoms with Crippen LogP contribution in [0, 0.1) is 11.3 Å². The van der Waals surface area contributed by atoms with Crippen molar-refractivity contribution in [2.75, 3.05) is 32.0 Å². The third-order valence-electron chi connectivity index (χ3n) is 4.78. The van der Waals surface area contributed by atoms with Crippen molar-refractivity contribution < 1.29 is 4.74 Å². The third-order valence-corrected chi connectivity index (χ3v) is 4.78. The number of nitrogen functional groups attached to an aromatic ring is 1. The summed E-state index contributed by atoms with van der Waals surface area (Å²) in [5, 5.41) is 9.61. The van der Waals surface area contributed by atoms with Crippen LogP contribution in [0.15, 0.2) is 48.7 Å². The smallest absolute Gasteiger partial charge is 0.142 e. The molecule has 0 saturated carbocycles. The van der Waals surface area contributed by atoms with Gasteiger partial charge in [-0.2, -0.15) is 5.26 Å². The van der Waals surface area contributed by atoms with Crippen LogP contribution < -0.4 is 5.73 Å². The number of aromatic amines is 1. The van der Waals surface area contributed by atoms with E-state index in [1.165, 1.54) is 5.56 Å². The summed E-state index contributed by atoms with van der Waals surface area (Å²) >= 11 is 0. The van der Waals surface area contributed by atoms with Crippen molar-refractivity contribution in [3.05, 3.63) is 59.8 Å². The van der Waals surface area contributed by atoms with Gasteiger partial charge in [-0.15, -0.1) is 0 Å². The van der Waals surface area contributed by atoms with E-state index in [0.29, 0.717) is 5.56 Å².